The van der Waals surface area contributed by atoms with Gasteiger partial charge in [0, 0.05) is 77.7 Å². The van der Waals surface area contributed by atoms with Crippen molar-refractivity contribution in [2.24, 2.45) is 11.5 Å². The van der Waals surface area contributed by atoms with Crippen LogP contribution in [0, 0.1) is 0 Å². The Hall–Kier alpha value is -3.01. The van der Waals surface area contributed by atoms with E-state index >= 15 is 0 Å². The maximum Gasteiger partial charge on any atom is 0.250 e. The van der Waals surface area contributed by atoms with Crippen LogP contribution in [-0.2, 0) is 11.3 Å². The van der Waals surface area contributed by atoms with E-state index in [9.17, 15) is 4.79 Å². The molecule has 0 atom stereocenters. The smallest absolute Gasteiger partial charge is 0.250 e. The molecule has 40 heavy (non-hydrogen) atoms. The first-order valence-corrected chi connectivity index (χ1v) is 14.8. The molecule has 1 spiro atoms. The van der Waals surface area contributed by atoms with Crippen LogP contribution < -0.4 is 21.7 Å². The zero-order valence-corrected chi connectivity index (χ0v) is 23.7. The van der Waals surface area contributed by atoms with Gasteiger partial charge in [0.25, 0.3) is 0 Å². The van der Waals surface area contributed by atoms with Gasteiger partial charge in [-0.1, -0.05) is 60.7 Å². The van der Waals surface area contributed by atoms with Crippen LogP contribution in [0.3, 0.4) is 0 Å². The highest BCUT2D eigenvalue weighted by Gasteiger charge is 2.53. The van der Waals surface area contributed by atoms with E-state index in [1.807, 2.05) is 6.07 Å². The molecule has 3 aromatic carbocycles. The van der Waals surface area contributed by atoms with Gasteiger partial charge in [0.1, 0.15) is 5.54 Å². The second-order valence-electron chi connectivity index (χ2n) is 11.1. The Kier molecular flexibility index (Phi) is 9.67. The van der Waals surface area contributed by atoms with Crippen molar-refractivity contribution in [3.05, 3.63) is 78.4 Å². The minimum atomic E-state index is -0.477. The second-order valence-corrected chi connectivity index (χ2v) is 11.1. The summed E-state index contributed by atoms with van der Waals surface area (Å²) >= 11 is 0. The summed E-state index contributed by atoms with van der Waals surface area (Å²) in [4.78, 5) is 23.3. The molecule has 0 bridgehead atoms. The molecule has 5 N–H and O–H groups in total. The third kappa shape index (κ3) is 6.32. The number of anilines is 1. The zero-order chi connectivity index (χ0) is 27.8. The number of likely N-dealkylation sites (tertiary alicyclic amines) is 1. The molecule has 2 aliphatic rings. The summed E-state index contributed by atoms with van der Waals surface area (Å²) in [7, 11) is 0. The molecule has 0 unspecified atom stereocenters. The van der Waals surface area contributed by atoms with Crippen LogP contribution >= 0.6 is 0 Å². The Morgan fingerprint density at radius 2 is 1.52 bits per heavy atom. The molecule has 214 valence electrons. The fraction of sp³-hybridized carbons (Fsp3) is 0.469. The topological polar surface area (TPSA) is 94.1 Å². The normalized spacial score (nSPS) is 17.5. The molecule has 0 saturated carbocycles. The molecule has 2 heterocycles. The molecule has 3 aromatic rings. The lowest BCUT2D eigenvalue weighted by molar-refractivity contribution is -0.133. The number of nitrogens with one attached hydrogen (secondary N) is 1. The van der Waals surface area contributed by atoms with Crippen LogP contribution in [0.1, 0.15) is 18.4 Å². The summed E-state index contributed by atoms with van der Waals surface area (Å²) in [5.41, 5.74) is 13.5. The molecular formula is C32H45N7O. The third-order valence-electron chi connectivity index (χ3n) is 8.59. The van der Waals surface area contributed by atoms with Crippen LogP contribution in [0.5, 0.6) is 0 Å². The summed E-state index contributed by atoms with van der Waals surface area (Å²) in [6.07, 6.45) is 1.67. The van der Waals surface area contributed by atoms with Crippen LogP contribution in [-0.4, -0.2) is 98.3 Å². The van der Waals surface area contributed by atoms with E-state index in [2.05, 4.69) is 91.6 Å². The number of hydrogen-bond donors (Lipinski definition) is 3. The molecule has 0 aliphatic carbocycles. The first-order valence-electron chi connectivity index (χ1n) is 14.8. The highest BCUT2D eigenvalue weighted by Crippen LogP contribution is 2.39. The van der Waals surface area contributed by atoms with Gasteiger partial charge in [-0.25, -0.2) is 0 Å². The quantitative estimate of drug-likeness (QED) is 0.285. The Morgan fingerprint density at radius 3 is 2.27 bits per heavy atom. The van der Waals surface area contributed by atoms with Gasteiger partial charge in [0.2, 0.25) is 5.91 Å². The Morgan fingerprint density at radius 1 is 0.825 bits per heavy atom. The molecule has 2 fully saturated rings. The van der Waals surface area contributed by atoms with Gasteiger partial charge < -0.3 is 26.6 Å². The molecule has 2 aliphatic heterocycles. The van der Waals surface area contributed by atoms with Gasteiger partial charge in [0.15, 0.2) is 0 Å². The number of amides is 1. The highest BCUT2D eigenvalue weighted by atomic mass is 16.2. The predicted molar refractivity (Wildman–Crippen MR) is 164 cm³/mol. The molecule has 2 saturated heterocycles. The molecule has 0 radical (unpaired) electrons. The molecule has 8 heteroatoms. The number of para-hydroxylation sites is 1. The number of hydrogen-bond acceptors (Lipinski definition) is 7. The van der Waals surface area contributed by atoms with Gasteiger partial charge in [0.05, 0.1) is 6.67 Å². The van der Waals surface area contributed by atoms with Gasteiger partial charge >= 0.3 is 0 Å². The van der Waals surface area contributed by atoms with Crippen molar-refractivity contribution in [1.82, 2.24) is 20.0 Å². The number of carbonyl (C=O) groups is 1. The largest absolute Gasteiger partial charge is 0.339 e. The lowest BCUT2D eigenvalue weighted by Gasteiger charge is -2.43. The molecule has 8 nitrogen and oxygen atoms in total. The number of piperidine rings is 1. The molecular weight excluding hydrogens is 498 g/mol. The number of nitrogens with two attached hydrogens (primary N) is 2. The second kappa shape index (κ2) is 13.6. The first kappa shape index (κ1) is 28.5. The van der Waals surface area contributed by atoms with E-state index in [1.54, 1.807) is 0 Å². The lowest BCUT2D eigenvalue weighted by Crippen LogP contribution is -2.56. The van der Waals surface area contributed by atoms with Gasteiger partial charge in [-0.15, -0.1) is 0 Å². The lowest BCUT2D eigenvalue weighted by atomic mass is 9.85. The summed E-state index contributed by atoms with van der Waals surface area (Å²) in [6, 6.07) is 25.7. The maximum atomic E-state index is 14.1. The first-order chi connectivity index (χ1) is 19.6. The number of rotatable bonds is 13. The van der Waals surface area contributed by atoms with Gasteiger partial charge in [-0.3, -0.25) is 14.6 Å². The van der Waals surface area contributed by atoms with Crippen molar-refractivity contribution in [2.75, 3.05) is 77.0 Å². The number of benzene rings is 3. The molecule has 5 rings (SSSR count). The average Bonchev–Trinajstić information content (AvgIpc) is 3.25. The Labute approximate surface area is 238 Å². The van der Waals surface area contributed by atoms with E-state index in [1.165, 1.54) is 16.3 Å². The maximum absolute atomic E-state index is 14.1. The van der Waals surface area contributed by atoms with Gasteiger partial charge in [-0.05, 0) is 41.3 Å². The standard InChI is InChI=1S/C32H45N7O/c33-15-21-36(22-16-34)23-17-35-18-24-38-26-39(29-10-2-1-3-11-29)32(31(38)40)13-19-37(20-14-32)25-28-9-6-8-27-7-4-5-12-30(27)28/h1-12,35H,13-26,33-34H2. The van der Waals surface area contributed by atoms with Crippen LogP contribution in [0.2, 0.25) is 0 Å². The summed E-state index contributed by atoms with van der Waals surface area (Å²) in [5.74, 6) is 0.274. The fourth-order valence-corrected chi connectivity index (χ4v) is 6.40. The Bertz CT molecular complexity index is 1220. The Balaban J connectivity index is 1.22. The van der Waals surface area contributed by atoms with E-state index in [4.69, 9.17) is 11.5 Å². The number of carbonyl (C=O) groups excluding carboxylic acids is 1. The minimum absolute atomic E-state index is 0.274. The van der Waals surface area contributed by atoms with Crippen LogP contribution in [0.25, 0.3) is 10.8 Å². The third-order valence-corrected chi connectivity index (χ3v) is 8.59. The van der Waals surface area contributed by atoms with Crippen molar-refractivity contribution in [1.29, 1.82) is 0 Å². The van der Waals surface area contributed by atoms with Crippen LogP contribution in [0.4, 0.5) is 5.69 Å². The highest BCUT2D eigenvalue weighted by molar-refractivity contribution is 5.93. The SMILES string of the molecule is NCCN(CCN)CCNCCN1CN(c2ccccc2)C2(CCN(Cc3cccc4ccccc34)CC2)C1=O. The fourth-order valence-electron chi connectivity index (χ4n) is 6.40. The number of nitrogens with zero attached hydrogens (tertiary/aromatic N) is 4. The van der Waals surface area contributed by atoms with Crippen molar-refractivity contribution >= 4 is 22.4 Å². The summed E-state index contributed by atoms with van der Waals surface area (Å²) < 4.78 is 0. The summed E-state index contributed by atoms with van der Waals surface area (Å²) in [5, 5.41) is 6.13. The minimum Gasteiger partial charge on any atom is -0.339 e. The van der Waals surface area contributed by atoms with E-state index in [0.29, 0.717) is 26.3 Å². The van der Waals surface area contributed by atoms with Crippen LogP contribution in [0.15, 0.2) is 72.8 Å². The summed E-state index contributed by atoms with van der Waals surface area (Å²) in [6.45, 7) is 9.60. The predicted octanol–water partition coefficient (Wildman–Crippen LogP) is 2.29. The van der Waals surface area contributed by atoms with E-state index in [0.717, 1.165) is 70.9 Å². The van der Waals surface area contributed by atoms with E-state index < -0.39 is 5.54 Å². The molecule has 1 amide bonds. The van der Waals surface area contributed by atoms with Gasteiger partial charge in [-0.2, -0.15) is 0 Å². The van der Waals surface area contributed by atoms with Crippen molar-refractivity contribution < 1.29 is 4.79 Å². The number of fused-ring (bicyclic) bond motifs is 1. The van der Waals surface area contributed by atoms with Crippen molar-refractivity contribution in [3.8, 4) is 0 Å². The average molecular weight is 544 g/mol. The molecule has 0 aromatic heterocycles. The van der Waals surface area contributed by atoms with E-state index in [-0.39, 0.29) is 5.91 Å². The van der Waals surface area contributed by atoms with Crippen molar-refractivity contribution in [2.45, 2.75) is 24.9 Å². The van der Waals surface area contributed by atoms with Crippen molar-refractivity contribution in [3.63, 3.8) is 0 Å². The monoisotopic (exact) mass is 543 g/mol. The zero-order valence-electron chi connectivity index (χ0n) is 23.7.